The third-order valence-electron chi connectivity index (χ3n) is 2.84. The topological polar surface area (TPSA) is 16.1 Å². The molecule has 0 saturated carbocycles. The van der Waals surface area contributed by atoms with E-state index in [1.54, 1.807) is 0 Å². The summed E-state index contributed by atoms with van der Waals surface area (Å²) < 4.78 is 1.00. The van der Waals surface area contributed by atoms with Gasteiger partial charge in [-0.3, -0.25) is 0 Å². The average molecular weight is 287 g/mol. The van der Waals surface area contributed by atoms with Gasteiger partial charge in [0.05, 0.1) is 0 Å². The first-order chi connectivity index (χ1) is 8.33. The van der Waals surface area contributed by atoms with Gasteiger partial charge in [-0.25, -0.2) is 4.98 Å². The van der Waals surface area contributed by atoms with Crippen LogP contribution in [0.15, 0.2) is 53.3 Å². The van der Waals surface area contributed by atoms with E-state index in [-0.39, 0.29) is 0 Å². The van der Waals surface area contributed by atoms with Gasteiger partial charge in [-0.05, 0) is 45.3 Å². The summed E-state index contributed by atoms with van der Waals surface area (Å²) in [5.41, 5.74) is 2.63. The van der Waals surface area contributed by atoms with Gasteiger partial charge in [0.25, 0.3) is 0 Å². The smallest absolute Gasteiger partial charge is 0.132 e. The largest absolute Gasteiger partial charge is 0.329 e. The summed E-state index contributed by atoms with van der Waals surface area (Å²) in [4.78, 5) is 6.55. The van der Waals surface area contributed by atoms with E-state index in [2.05, 4.69) is 62.4 Å². The van der Waals surface area contributed by atoms with Gasteiger partial charge in [-0.15, -0.1) is 0 Å². The molecule has 3 rings (SSSR count). The molecule has 2 aromatic rings. The zero-order valence-electron chi connectivity index (χ0n) is 9.18. The van der Waals surface area contributed by atoms with E-state index in [4.69, 9.17) is 0 Å². The lowest BCUT2D eigenvalue weighted by Gasteiger charge is -2.24. The minimum atomic E-state index is 0.876. The molecule has 1 aromatic heterocycles. The summed E-state index contributed by atoms with van der Waals surface area (Å²) in [6.07, 6.45) is 6.03. The molecule has 0 radical (unpaired) electrons. The van der Waals surface area contributed by atoms with E-state index in [1.165, 1.54) is 11.1 Å². The third-order valence-corrected chi connectivity index (χ3v) is 3.30. The highest BCUT2D eigenvalue weighted by molar-refractivity contribution is 9.10. The monoisotopic (exact) mass is 286 g/mol. The second-order valence-corrected chi connectivity index (χ2v) is 4.89. The number of rotatable bonds is 1. The number of benzene rings is 1. The van der Waals surface area contributed by atoms with Crippen LogP contribution in [-0.2, 0) is 6.54 Å². The molecule has 0 aliphatic carbocycles. The Kier molecular flexibility index (Phi) is 2.69. The van der Waals surface area contributed by atoms with E-state index in [0.29, 0.717) is 0 Å². The molecule has 0 unspecified atom stereocenters. The van der Waals surface area contributed by atoms with Gasteiger partial charge in [-0.2, -0.15) is 0 Å². The van der Waals surface area contributed by atoms with Crippen LogP contribution in [0.4, 0.5) is 5.82 Å². The summed E-state index contributed by atoms with van der Waals surface area (Å²) in [6, 6.07) is 12.5. The van der Waals surface area contributed by atoms with Crippen molar-refractivity contribution in [3.8, 4) is 0 Å². The van der Waals surface area contributed by atoms with Crippen LogP contribution in [0.3, 0.4) is 0 Å². The molecule has 1 aromatic carbocycles. The molecule has 0 atom stereocenters. The van der Waals surface area contributed by atoms with Crippen molar-refractivity contribution in [2.45, 2.75) is 6.54 Å². The fraction of sp³-hybridized carbons (Fsp3) is 0.0714. The Hall–Kier alpha value is -1.61. The number of nitrogens with zero attached hydrogens (tertiary/aromatic N) is 2. The molecule has 2 nitrogen and oxygen atoms in total. The second-order valence-electron chi connectivity index (χ2n) is 3.98. The summed E-state index contributed by atoms with van der Waals surface area (Å²) in [5.74, 6) is 0.971. The van der Waals surface area contributed by atoms with Crippen LogP contribution >= 0.6 is 15.9 Å². The van der Waals surface area contributed by atoms with Crippen LogP contribution < -0.4 is 4.90 Å². The van der Waals surface area contributed by atoms with Crippen molar-refractivity contribution in [1.82, 2.24) is 4.98 Å². The van der Waals surface area contributed by atoms with Gasteiger partial charge < -0.3 is 4.90 Å². The third kappa shape index (κ3) is 2.11. The van der Waals surface area contributed by atoms with Crippen molar-refractivity contribution in [2.24, 2.45) is 0 Å². The molecule has 0 saturated heterocycles. The van der Waals surface area contributed by atoms with Gasteiger partial charge in [-0.1, -0.05) is 24.3 Å². The molecule has 0 amide bonds. The Morgan fingerprint density at radius 3 is 2.82 bits per heavy atom. The van der Waals surface area contributed by atoms with Gasteiger partial charge in [0.1, 0.15) is 5.82 Å². The van der Waals surface area contributed by atoms with E-state index < -0.39 is 0 Å². The number of hydrogen-bond acceptors (Lipinski definition) is 2. The second kappa shape index (κ2) is 4.34. The van der Waals surface area contributed by atoms with Gasteiger partial charge >= 0.3 is 0 Å². The average Bonchev–Trinajstić information content (AvgIpc) is 2.39. The van der Waals surface area contributed by atoms with Crippen molar-refractivity contribution in [1.29, 1.82) is 0 Å². The van der Waals surface area contributed by atoms with Gasteiger partial charge in [0, 0.05) is 23.4 Å². The molecule has 84 valence electrons. The first-order valence-corrected chi connectivity index (χ1v) is 6.26. The Morgan fingerprint density at radius 2 is 2.00 bits per heavy atom. The molecule has 1 aliphatic rings. The van der Waals surface area contributed by atoms with E-state index in [1.807, 2.05) is 18.3 Å². The van der Waals surface area contributed by atoms with Crippen LogP contribution in [0.1, 0.15) is 11.1 Å². The zero-order valence-corrected chi connectivity index (χ0v) is 10.8. The lowest BCUT2D eigenvalue weighted by molar-refractivity contribution is 0.927. The first-order valence-electron chi connectivity index (χ1n) is 5.47. The number of anilines is 1. The molecule has 0 N–H and O–H groups in total. The molecule has 3 heteroatoms. The van der Waals surface area contributed by atoms with Crippen molar-refractivity contribution in [2.75, 3.05) is 4.90 Å². The fourth-order valence-corrected chi connectivity index (χ4v) is 2.18. The summed E-state index contributed by atoms with van der Waals surface area (Å²) >= 11 is 3.40. The Balaban J connectivity index is 1.92. The lowest BCUT2D eigenvalue weighted by Crippen LogP contribution is -2.19. The number of pyridine rings is 1. The molecule has 2 heterocycles. The summed E-state index contributed by atoms with van der Waals surface area (Å²) in [7, 11) is 0. The normalized spacial score (nSPS) is 13.6. The maximum Gasteiger partial charge on any atom is 0.132 e. The van der Waals surface area contributed by atoms with Crippen molar-refractivity contribution in [3.63, 3.8) is 0 Å². The molecule has 0 bridgehead atoms. The van der Waals surface area contributed by atoms with Crippen LogP contribution in [0.5, 0.6) is 0 Å². The molecule has 0 fully saturated rings. The molecular weight excluding hydrogens is 276 g/mol. The van der Waals surface area contributed by atoms with Crippen LogP contribution in [0.25, 0.3) is 6.08 Å². The number of fused-ring (bicyclic) bond motifs is 1. The molecular formula is C14H11BrN2. The predicted molar refractivity (Wildman–Crippen MR) is 73.6 cm³/mol. The molecule has 0 spiro atoms. The van der Waals surface area contributed by atoms with Crippen LogP contribution in [0, 0.1) is 0 Å². The van der Waals surface area contributed by atoms with Crippen LogP contribution in [0.2, 0.25) is 0 Å². The van der Waals surface area contributed by atoms with Crippen molar-refractivity contribution < 1.29 is 0 Å². The predicted octanol–water partition coefficient (Wildman–Crippen LogP) is 3.84. The van der Waals surface area contributed by atoms with E-state index in [0.717, 1.165) is 16.8 Å². The standard InChI is InChI=1S/C14H11BrN2/c15-13-5-6-14(16-9-13)17-8-7-11-3-1-2-4-12(11)10-17/h1-9H,10H2. The minimum Gasteiger partial charge on any atom is -0.329 e. The highest BCUT2D eigenvalue weighted by Gasteiger charge is 2.11. The minimum absolute atomic E-state index is 0.876. The number of hydrogen-bond donors (Lipinski definition) is 0. The maximum atomic E-state index is 4.40. The van der Waals surface area contributed by atoms with E-state index >= 15 is 0 Å². The molecule has 1 aliphatic heterocycles. The quantitative estimate of drug-likeness (QED) is 0.792. The van der Waals surface area contributed by atoms with E-state index in [9.17, 15) is 0 Å². The fourth-order valence-electron chi connectivity index (χ4n) is 1.94. The Morgan fingerprint density at radius 1 is 1.12 bits per heavy atom. The Bertz CT molecular complexity index is 561. The van der Waals surface area contributed by atoms with Gasteiger partial charge in [0.2, 0.25) is 0 Å². The maximum absolute atomic E-state index is 4.40. The molecule has 17 heavy (non-hydrogen) atoms. The SMILES string of the molecule is Brc1ccc(N2C=Cc3ccccc3C2)nc1. The highest BCUT2D eigenvalue weighted by atomic mass is 79.9. The summed E-state index contributed by atoms with van der Waals surface area (Å²) in [5, 5.41) is 0. The highest BCUT2D eigenvalue weighted by Crippen LogP contribution is 2.24. The summed E-state index contributed by atoms with van der Waals surface area (Å²) in [6.45, 7) is 0.876. The number of halogens is 1. The first kappa shape index (κ1) is 10.5. The lowest BCUT2D eigenvalue weighted by atomic mass is 10.0. The van der Waals surface area contributed by atoms with Gasteiger partial charge in [0.15, 0.2) is 0 Å². The van der Waals surface area contributed by atoms with Crippen LogP contribution in [-0.4, -0.2) is 4.98 Å². The van der Waals surface area contributed by atoms with Crippen molar-refractivity contribution in [3.05, 3.63) is 64.4 Å². The van der Waals surface area contributed by atoms with Crippen molar-refractivity contribution >= 4 is 27.8 Å². The Labute approximate surface area is 109 Å². The zero-order chi connectivity index (χ0) is 11.7. The number of aromatic nitrogens is 1.